The molecule has 19 heavy (non-hydrogen) atoms. The van der Waals surface area contributed by atoms with Crippen molar-refractivity contribution in [1.29, 1.82) is 0 Å². The van der Waals surface area contributed by atoms with Crippen LogP contribution in [-0.2, 0) is 16.1 Å². The predicted octanol–water partition coefficient (Wildman–Crippen LogP) is 2.46. The molecule has 2 aromatic rings. The molecule has 0 fully saturated rings. The van der Waals surface area contributed by atoms with Crippen molar-refractivity contribution in [3.05, 3.63) is 52.0 Å². The van der Waals surface area contributed by atoms with Gasteiger partial charge in [0.05, 0.1) is 7.11 Å². The van der Waals surface area contributed by atoms with Crippen molar-refractivity contribution in [2.45, 2.75) is 19.5 Å². The van der Waals surface area contributed by atoms with Crippen molar-refractivity contribution in [1.82, 2.24) is 10.3 Å². The summed E-state index contributed by atoms with van der Waals surface area (Å²) in [4.78, 5) is 16.2. The Kier molecular flexibility index (Phi) is 4.65. The van der Waals surface area contributed by atoms with Gasteiger partial charge in [-0.3, -0.25) is 5.32 Å². The summed E-state index contributed by atoms with van der Waals surface area (Å²) >= 11 is 1.46. The molecule has 0 saturated heterocycles. The molecule has 0 aliphatic rings. The zero-order valence-corrected chi connectivity index (χ0v) is 11.7. The molecule has 0 aliphatic carbocycles. The molecule has 0 bridgehead atoms. The van der Waals surface area contributed by atoms with E-state index in [0.29, 0.717) is 6.54 Å². The first kappa shape index (κ1) is 13.7. The number of hydrogen-bond acceptors (Lipinski definition) is 5. The SMILES string of the molecule is COC(=O)C(NCc1ccccc1)c1nc(C)cs1. The fourth-order valence-corrected chi connectivity index (χ4v) is 2.57. The highest BCUT2D eigenvalue weighted by molar-refractivity contribution is 7.09. The monoisotopic (exact) mass is 276 g/mol. The number of carbonyl (C=O) groups excluding carboxylic acids is 1. The number of benzene rings is 1. The van der Waals surface area contributed by atoms with Crippen LogP contribution in [-0.4, -0.2) is 18.1 Å². The number of aromatic nitrogens is 1. The number of thiazole rings is 1. The standard InChI is InChI=1S/C14H16N2O2S/c1-10-9-19-13(16-10)12(14(17)18-2)15-8-11-6-4-3-5-7-11/h3-7,9,12,15H,8H2,1-2H3. The number of rotatable bonds is 5. The number of esters is 1. The van der Waals surface area contributed by atoms with Gasteiger partial charge in [0, 0.05) is 17.6 Å². The quantitative estimate of drug-likeness (QED) is 0.852. The summed E-state index contributed by atoms with van der Waals surface area (Å²) in [5.74, 6) is -0.315. The Morgan fingerprint density at radius 1 is 1.42 bits per heavy atom. The van der Waals surface area contributed by atoms with Crippen LogP contribution in [0.2, 0.25) is 0 Å². The van der Waals surface area contributed by atoms with Crippen molar-refractivity contribution in [2.24, 2.45) is 0 Å². The normalized spacial score (nSPS) is 12.1. The van der Waals surface area contributed by atoms with Crippen LogP contribution >= 0.6 is 11.3 Å². The third kappa shape index (κ3) is 3.62. The molecule has 1 N–H and O–H groups in total. The molecular weight excluding hydrogens is 260 g/mol. The van der Waals surface area contributed by atoms with Gasteiger partial charge in [0.2, 0.25) is 0 Å². The summed E-state index contributed by atoms with van der Waals surface area (Å²) in [6.07, 6.45) is 0. The average molecular weight is 276 g/mol. The van der Waals surface area contributed by atoms with Gasteiger partial charge in [0.1, 0.15) is 5.01 Å². The van der Waals surface area contributed by atoms with Crippen LogP contribution in [0.4, 0.5) is 0 Å². The van der Waals surface area contributed by atoms with Gasteiger partial charge in [-0.05, 0) is 12.5 Å². The van der Waals surface area contributed by atoms with E-state index in [-0.39, 0.29) is 5.97 Å². The van der Waals surface area contributed by atoms with Crippen LogP contribution in [0.3, 0.4) is 0 Å². The van der Waals surface area contributed by atoms with Crippen LogP contribution in [0.1, 0.15) is 22.3 Å². The average Bonchev–Trinajstić information content (AvgIpc) is 2.86. The summed E-state index contributed by atoms with van der Waals surface area (Å²) in [6, 6.07) is 9.41. The maximum absolute atomic E-state index is 11.8. The third-order valence-corrected chi connectivity index (χ3v) is 3.70. The van der Waals surface area contributed by atoms with Gasteiger partial charge in [-0.25, -0.2) is 9.78 Å². The summed E-state index contributed by atoms with van der Waals surface area (Å²) in [7, 11) is 1.39. The van der Waals surface area contributed by atoms with Crippen molar-refractivity contribution in [3.63, 3.8) is 0 Å². The Morgan fingerprint density at radius 2 is 2.16 bits per heavy atom. The van der Waals surface area contributed by atoms with E-state index in [0.717, 1.165) is 16.3 Å². The lowest BCUT2D eigenvalue weighted by atomic mass is 10.2. The predicted molar refractivity (Wildman–Crippen MR) is 74.9 cm³/mol. The summed E-state index contributed by atoms with van der Waals surface area (Å²) in [5.41, 5.74) is 2.03. The summed E-state index contributed by atoms with van der Waals surface area (Å²) < 4.78 is 4.83. The number of hydrogen-bond donors (Lipinski definition) is 1. The molecule has 5 heteroatoms. The van der Waals surface area contributed by atoms with Gasteiger partial charge in [-0.2, -0.15) is 0 Å². The molecule has 1 atom stereocenters. The molecule has 0 spiro atoms. The number of aryl methyl sites for hydroxylation is 1. The van der Waals surface area contributed by atoms with Crippen molar-refractivity contribution >= 4 is 17.3 Å². The lowest BCUT2D eigenvalue weighted by Gasteiger charge is -2.14. The highest BCUT2D eigenvalue weighted by Gasteiger charge is 2.23. The van der Waals surface area contributed by atoms with Crippen molar-refractivity contribution in [2.75, 3.05) is 7.11 Å². The maximum atomic E-state index is 11.8. The Labute approximate surface area is 116 Å². The minimum Gasteiger partial charge on any atom is -0.468 e. The molecule has 4 nitrogen and oxygen atoms in total. The number of nitrogens with zero attached hydrogens (tertiary/aromatic N) is 1. The Bertz CT molecular complexity index is 539. The highest BCUT2D eigenvalue weighted by atomic mass is 32.1. The third-order valence-electron chi connectivity index (χ3n) is 2.67. The molecule has 1 aromatic carbocycles. The summed E-state index contributed by atoms with van der Waals surface area (Å²) in [6.45, 7) is 2.50. The van der Waals surface area contributed by atoms with Crippen molar-refractivity contribution in [3.8, 4) is 0 Å². The Balaban J connectivity index is 2.09. The first-order chi connectivity index (χ1) is 9.20. The Morgan fingerprint density at radius 3 is 2.74 bits per heavy atom. The molecule has 1 unspecified atom stereocenters. The molecule has 0 saturated carbocycles. The van der Waals surface area contributed by atoms with Crippen LogP contribution < -0.4 is 5.32 Å². The van der Waals surface area contributed by atoms with Gasteiger partial charge in [-0.1, -0.05) is 30.3 Å². The molecule has 1 heterocycles. The fraction of sp³-hybridized carbons (Fsp3) is 0.286. The second kappa shape index (κ2) is 6.45. The Hall–Kier alpha value is -1.72. The second-order valence-electron chi connectivity index (χ2n) is 4.15. The molecule has 1 aromatic heterocycles. The highest BCUT2D eigenvalue weighted by Crippen LogP contribution is 2.19. The van der Waals surface area contributed by atoms with E-state index in [1.165, 1.54) is 18.4 Å². The van der Waals surface area contributed by atoms with Gasteiger partial charge in [0.15, 0.2) is 6.04 Å². The lowest BCUT2D eigenvalue weighted by molar-refractivity contribution is -0.143. The van der Waals surface area contributed by atoms with E-state index in [4.69, 9.17) is 4.74 Å². The van der Waals surface area contributed by atoms with E-state index in [2.05, 4.69) is 10.3 Å². The second-order valence-corrected chi connectivity index (χ2v) is 5.04. The maximum Gasteiger partial charge on any atom is 0.330 e. The smallest absolute Gasteiger partial charge is 0.330 e. The van der Waals surface area contributed by atoms with E-state index in [1.807, 2.05) is 42.6 Å². The largest absolute Gasteiger partial charge is 0.468 e. The van der Waals surface area contributed by atoms with Gasteiger partial charge in [0.25, 0.3) is 0 Å². The first-order valence-corrected chi connectivity index (χ1v) is 6.86. The molecule has 100 valence electrons. The lowest BCUT2D eigenvalue weighted by Crippen LogP contribution is -2.29. The van der Waals surface area contributed by atoms with E-state index in [9.17, 15) is 4.79 Å². The van der Waals surface area contributed by atoms with Crippen molar-refractivity contribution < 1.29 is 9.53 Å². The zero-order chi connectivity index (χ0) is 13.7. The first-order valence-electron chi connectivity index (χ1n) is 5.98. The van der Waals surface area contributed by atoms with Gasteiger partial charge >= 0.3 is 5.97 Å². The minimum absolute atomic E-state index is 0.315. The molecular formula is C14H16N2O2S. The number of ether oxygens (including phenoxy) is 1. The van der Waals surface area contributed by atoms with Crippen LogP contribution in [0, 0.1) is 6.92 Å². The zero-order valence-electron chi connectivity index (χ0n) is 10.9. The topological polar surface area (TPSA) is 51.2 Å². The molecule has 0 radical (unpaired) electrons. The van der Waals surface area contributed by atoms with Crippen LogP contribution in [0.25, 0.3) is 0 Å². The molecule has 0 aliphatic heterocycles. The number of carbonyl (C=O) groups is 1. The van der Waals surface area contributed by atoms with E-state index in [1.54, 1.807) is 0 Å². The van der Waals surface area contributed by atoms with Crippen LogP contribution in [0.5, 0.6) is 0 Å². The van der Waals surface area contributed by atoms with Gasteiger partial charge < -0.3 is 4.74 Å². The molecule has 0 amide bonds. The van der Waals surface area contributed by atoms with E-state index < -0.39 is 6.04 Å². The summed E-state index contributed by atoms with van der Waals surface area (Å²) in [5, 5.41) is 5.85. The minimum atomic E-state index is -0.510. The fourth-order valence-electron chi connectivity index (χ4n) is 1.71. The van der Waals surface area contributed by atoms with E-state index >= 15 is 0 Å². The number of methoxy groups -OCH3 is 1. The number of nitrogens with one attached hydrogen (secondary N) is 1. The van der Waals surface area contributed by atoms with Crippen LogP contribution in [0.15, 0.2) is 35.7 Å². The molecule has 2 rings (SSSR count). The van der Waals surface area contributed by atoms with Gasteiger partial charge in [-0.15, -0.1) is 11.3 Å².